The molecule has 10 heteroatoms. The fourth-order valence-electron chi connectivity index (χ4n) is 3.36. The molecule has 162 valence electrons. The van der Waals surface area contributed by atoms with Gasteiger partial charge >= 0.3 is 5.69 Å². The Morgan fingerprint density at radius 1 is 1.03 bits per heavy atom. The number of nitro groups is 2. The van der Waals surface area contributed by atoms with E-state index in [0.29, 0.717) is 22.4 Å². The van der Waals surface area contributed by atoms with Gasteiger partial charge in [0.25, 0.3) is 5.69 Å². The number of imidazole rings is 1. The van der Waals surface area contributed by atoms with Gasteiger partial charge in [-0.3, -0.25) is 20.2 Å². The predicted octanol–water partition coefficient (Wildman–Crippen LogP) is 4.94. The topological polar surface area (TPSA) is 133 Å². The summed E-state index contributed by atoms with van der Waals surface area (Å²) in [7, 11) is 1.39. The number of aromatic amines is 1. The van der Waals surface area contributed by atoms with Gasteiger partial charge in [0.2, 0.25) is 5.75 Å². The average Bonchev–Trinajstić information content (AvgIpc) is 3.20. The van der Waals surface area contributed by atoms with Crippen LogP contribution in [0.2, 0.25) is 0 Å². The first kappa shape index (κ1) is 20.8. The van der Waals surface area contributed by atoms with Crippen molar-refractivity contribution in [3.63, 3.8) is 0 Å². The molecule has 1 N–H and O–H groups in total. The normalized spacial score (nSPS) is 10.8. The van der Waals surface area contributed by atoms with E-state index in [1.165, 1.54) is 31.4 Å². The van der Waals surface area contributed by atoms with Gasteiger partial charge in [0.1, 0.15) is 12.4 Å². The summed E-state index contributed by atoms with van der Waals surface area (Å²) in [6.07, 6.45) is 0. The number of rotatable bonds is 7. The van der Waals surface area contributed by atoms with Gasteiger partial charge < -0.3 is 14.5 Å². The van der Waals surface area contributed by atoms with Crippen molar-refractivity contribution < 1.29 is 19.3 Å². The Balaban J connectivity index is 1.74. The highest BCUT2D eigenvalue weighted by Crippen LogP contribution is 2.41. The number of nitro benzene ring substituents is 2. The van der Waals surface area contributed by atoms with E-state index >= 15 is 0 Å². The van der Waals surface area contributed by atoms with E-state index in [4.69, 9.17) is 9.47 Å². The Morgan fingerprint density at radius 3 is 2.53 bits per heavy atom. The summed E-state index contributed by atoms with van der Waals surface area (Å²) in [5, 5.41) is 22.8. The lowest BCUT2D eigenvalue weighted by Gasteiger charge is -2.12. The first-order valence-electron chi connectivity index (χ1n) is 9.55. The average molecular weight is 434 g/mol. The smallest absolute Gasteiger partial charge is 0.315 e. The maximum absolute atomic E-state index is 11.8. The lowest BCUT2D eigenvalue weighted by Crippen LogP contribution is -2.02. The molecule has 0 aliphatic rings. The Labute approximate surface area is 181 Å². The third kappa shape index (κ3) is 4.06. The van der Waals surface area contributed by atoms with E-state index in [1.54, 1.807) is 6.07 Å². The molecule has 0 spiro atoms. The van der Waals surface area contributed by atoms with Crippen molar-refractivity contribution in [1.82, 2.24) is 9.97 Å². The molecule has 0 bridgehead atoms. The van der Waals surface area contributed by atoms with Crippen molar-refractivity contribution in [2.75, 3.05) is 7.11 Å². The summed E-state index contributed by atoms with van der Waals surface area (Å²) < 4.78 is 11.2. The van der Waals surface area contributed by atoms with Gasteiger partial charge in [-0.25, -0.2) is 4.98 Å². The van der Waals surface area contributed by atoms with Gasteiger partial charge in [-0.05, 0) is 24.6 Å². The maximum Gasteiger partial charge on any atom is 0.315 e. The molecule has 3 aromatic carbocycles. The molecule has 0 atom stereocenters. The number of hydrogen-bond donors (Lipinski definition) is 1. The minimum absolute atomic E-state index is 0.00880. The van der Waals surface area contributed by atoms with Crippen LogP contribution in [0.4, 0.5) is 11.4 Å². The molecule has 4 rings (SSSR count). The molecule has 0 fully saturated rings. The molecular weight excluding hydrogens is 416 g/mol. The summed E-state index contributed by atoms with van der Waals surface area (Å²) in [5.41, 5.74) is 2.87. The summed E-state index contributed by atoms with van der Waals surface area (Å²) in [4.78, 5) is 29.1. The third-order valence-corrected chi connectivity index (χ3v) is 4.87. The van der Waals surface area contributed by atoms with Crippen LogP contribution >= 0.6 is 0 Å². The van der Waals surface area contributed by atoms with Crippen LogP contribution < -0.4 is 9.47 Å². The zero-order valence-corrected chi connectivity index (χ0v) is 17.2. The molecule has 0 aliphatic carbocycles. The SMILES string of the molecule is COc1cc(-c2nc3ccc([N+](=O)[O-])cc3[nH]2)cc([N+](=O)[O-])c1OCc1cccc(C)c1. The fourth-order valence-corrected chi connectivity index (χ4v) is 3.36. The van der Waals surface area contributed by atoms with Crippen LogP contribution in [-0.4, -0.2) is 26.9 Å². The van der Waals surface area contributed by atoms with E-state index in [9.17, 15) is 20.2 Å². The Morgan fingerprint density at radius 2 is 1.84 bits per heavy atom. The Bertz CT molecular complexity index is 1350. The number of aryl methyl sites for hydroxylation is 1. The molecule has 0 amide bonds. The van der Waals surface area contributed by atoms with Crippen molar-refractivity contribution in [2.45, 2.75) is 13.5 Å². The van der Waals surface area contributed by atoms with Crippen molar-refractivity contribution in [1.29, 1.82) is 0 Å². The molecule has 0 unspecified atom stereocenters. The molecular formula is C22H18N4O6. The second-order valence-electron chi connectivity index (χ2n) is 7.11. The Kier molecular flexibility index (Phi) is 5.42. The minimum atomic E-state index is -0.551. The number of methoxy groups -OCH3 is 1. The first-order valence-corrected chi connectivity index (χ1v) is 9.55. The Hall–Kier alpha value is -4.47. The van der Waals surface area contributed by atoms with E-state index < -0.39 is 9.85 Å². The van der Waals surface area contributed by atoms with Crippen molar-refractivity contribution in [2.24, 2.45) is 0 Å². The second-order valence-corrected chi connectivity index (χ2v) is 7.11. The number of aromatic nitrogens is 2. The van der Waals surface area contributed by atoms with Gasteiger partial charge in [-0.2, -0.15) is 0 Å². The van der Waals surface area contributed by atoms with E-state index in [1.807, 2.05) is 31.2 Å². The minimum Gasteiger partial charge on any atom is -0.493 e. The summed E-state index contributed by atoms with van der Waals surface area (Å²) in [6.45, 7) is 2.08. The molecule has 32 heavy (non-hydrogen) atoms. The number of hydrogen-bond acceptors (Lipinski definition) is 7. The summed E-state index contributed by atoms with van der Waals surface area (Å²) in [5.74, 6) is 0.495. The van der Waals surface area contributed by atoms with Gasteiger partial charge in [-0.15, -0.1) is 0 Å². The van der Waals surface area contributed by atoms with Gasteiger partial charge in [-0.1, -0.05) is 29.8 Å². The molecule has 0 aliphatic heterocycles. The lowest BCUT2D eigenvalue weighted by molar-refractivity contribution is -0.386. The highest BCUT2D eigenvalue weighted by molar-refractivity contribution is 5.82. The monoisotopic (exact) mass is 434 g/mol. The number of H-pyrrole nitrogens is 1. The molecule has 4 aromatic rings. The number of nitrogens with one attached hydrogen (secondary N) is 1. The lowest BCUT2D eigenvalue weighted by atomic mass is 10.1. The zero-order chi connectivity index (χ0) is 22.8. The third-order valence-electron chi connectivity index (χ3n) is 4.87. The van der Waals surface area contributed by atoms with Crippen LogP contribution in [0.15, 0.2) is 54.6 Å². The second kappa shape index (κ2) is 8.34. The zero-order valence-electron chi connectivity index (χ0n) is 17.2. The number of benzene rings is 3. The highest BCUT2D eigenvalue weighted by Gasteiger charge is 2.24. The first-order chi connectivity index (χ1) is 15.4. The van der Waals surface area contributed by atoms with Crippen LogP contribution in [0.1, 0.15) is 11.1 Å². The van der Waals surface area contributed by atoms with Gasteiger partial charge in [0, 0.05) is 23.8 Å². The standard InChI is InChI=1S/C22H18N4O6/c1-13-4-3-5-14(8-13)12-32-21-19(26(29)30)9-15(10-20(21)31-2)22-23-17-7-6-16(25(27)28)11-18(17)24-22/h3-11H,12H2,1-2H3,(H,23,24). The molecule has 0 saturated heterocycles. The van der Waals surface area contributed by atoms with E-state index in [-0.39, 0.29) is 29.5 Å². The van der Waals surface area contributed by atoms with Crippen molar-refractivity contribution in [3.05, 3.63) is 86.0 Å². The quantitative estimate of drug-likeness (QED) is 0.321. The number of fused-ring (bicyclic) bond motifs is 1. The molecule has 1 heterocycles. The highest BCUT2D eigenvalue weighted by atomic mass is 16.6. The van der Waals surface area contributed by atoms with Gasteiger partial charge in [0.05, 0.1) is 28.0 Å². The van der Waals surface area contributed by atoms with Crippen LogP contribution in [0.25, 0.3) is 22.4 Å². The van der Waals surface area contributed by atoms with Crippen LogP contribution in [0.5, 0.6) is 11.5 Å². The van der Waals surface area contributed by atoms with E-state index in [2.05, 4.69) is 9.97 Å². The fraction of sp³-hybridized carbons (Fsp3) is 0.136. The molecule has 0 radical (unpaired) electrons. The number of ether oxygens (including phenoxy) is 2. The molecule has 1 aromatic heterocycles. The predicted molar refractivity (Wildman–Crippen MR) is 117 cm³/mol. The van der Waals surface area contributed by atoms with Gasteiger partial charge in [0.15, 0.2) is 5.75 Å². The van der Waals surface area contributed by atoms with E-state index in [0.717, 1.165) is 11.1 Å². The van der Waals surface area contributed by atoms with Crippen LogP contribution in [0.3, 0.4) is 0 Å². The van der Waals surface area contributed by atoms with Crippen molar-refractivity contribution in [3.8, 4) is 22.9 Å². The summed E-state index contributed by atoms with van der Waals surface area (Å²) in [6, 6.07) is 14.8. The largest absolute Gasteiger partial charge is 0.493 e. The van der Waals surface area contributed by atoms with Crippen molar-refractivity contribution >= 4 is 22.4 Å². The number of non-ortho nitro benzene ring substituents is 1. The number of nitrogens with zero attached hydrogens (tertiary/aromatic N) is 3. The van der Waals surface area contributed by atoms with Crippen LogP contribution in [-0.2, 0) is 6.61 Å². The van der Waals surface area contributed by atoms with Crippen LogP contribution in [0, 0.1) is 27.2 Å². The molecule has 10 nitrogen and oxygen atoms in total. The summed E-state index contributed by atoms with van der Waals surface area (Å²) >= 11 is 0. The maximum atomic E-state index is 11.8. The molecule has 0 saturated carbocycles.